The molecule has 1 heterocycles. The number of carboxylic acid groups (broad SMARTS) is 1. The minimum Gasteiger partial charge on any atom is -0.480 e. The van der Waals surface area contributed by atoms with E-state index in [1.54, 1.807) is 50.2 Å². The monoisotopic (exact) mass is 561 g/mol. The first-order chi connectivity index (χ1) is 18.2. The van der Waals surface area contributed by atoms with Crippen LogP contribution in [-0.4, -0.2) is 36.4 Å². The van der Waals surface area contributed by atoms with Crippen LogP contribution in [0.2, 0.25) is 0 Å². The molecule has 1 atom stereocenters. The average molecular weight is 562 g/mol. The van der Waals surface area contributed by atoms with E-state index in [9.17, 15) is 36.3 Å². The Morgan fingerprint density at radius 1 is 0.949 bits per heavy atom. The molecule has 0 fully saturated rings. The van der Waals surface area contributed by atoms with Crippen molar-refractivity contribution in [2.24, 2.45) is 5.92 Å². The van der Waals surface area contributed by atoms with E-state index in [1.165, 1.54) is 12.1 Å². The number of benzene rings is 3. The third kappa shape index (κ3) is 6.26. The molecule has 204 valence electrons. The molecule has 0 aliphatic rings. The normalized spacial score (nSPS) is 13.0. The summed E-state index contributed by atoms with van der Waals surface area (Å²) >= 11 is 0. The minimum absolute atomic E-state index is 0.0341. The van der Waals surface area contributed by atoms with Gasteiger partial charge in [-0.05, 0) is 59.5 Å². The summed E-state index contributed by atoms with van der Waals surface area (Å²) in [5, 5.41) is 11.8. The van der Waals surface area contributed by atoms with Crippen LogP contribution in [-0.2, 0) is 21.0 Å². The van der Waals surface area contributed by atoms with Crippen LogP contribution in [0.25, 0.3) is 22.2 Å². The molecule has 3 N–H and O–H groups in total. The van der Waals surface area contributed by atoms with Crippen LogP contribution < -0.4 is 10.0 Å². The number of carbonyl (C=O) groups excluding carboxylic acids is 1. The fourth-order valence-corrected chi connectivity index (χ4v) is 5.00. The zero-order chi connectivity index (χ0) is 28.5. The maximum Gasteiger partial charge on any atom is 0.416 e. The number of oxazole rings is 1. The fourth-order valence-electron chi connectivity index (χ4n) is 3.66. The molecule has 1 aromatic heterocycles. The number of fused-ring (bicyclic) bond motifs is 1. The Bertz CT molecular complexity index is 1630. The van der Waals surface area contributed by atoms with E-state index in [0.717, 1.165) is 18.2 Å². The average Bonchev–Trinajstić information content (AvgIpc) is 3.31. The Morgan fingerprint density at radius 3 is 2.08 bits per heavy atom. The smallest absolute Gasteiger partial charge is 0.416 e. The molecule has 4 aromatic rings. The van der Waals surface area contributed by atoms with Gasteiger partial charge in [0, 0.05) is 5.69 Å². The standard InChI is InChI=1S/C26H22F3N3O6S/c1-14(2)22(25(34)35)32-39(36,37)19-10-5-16(6-11-19)15-3-8-18(9-4-15)30-23(33)24-31-20-13-17(26(27,28)29)7-12-21(20)38-24/h3-14,22,32H,1-2H3,(H,30,33)(H,34,35)/t22-/m0/s1. The van der Waals surface area contributed by atoms with Crippen molar-refractivity contribution in [3.05, 3.63) is 78.2 Å². The molecular weight excluding hydrogens is 539 g/mol. The first-order valence-corrected chi connectivity index (χ1v) is 13.0. The van der Waals surface area contributed by atoms with Crippen LogP contribution in [0.1, 0.15) is 30.1 Å². The number of nitrogens with one attached hydrogen (secondary N) is 2. The van der Waals surface area contributed by atoms with Crippen molar-refractivity contribution in [1.82, 2.24) is 9.71 Å². The van der Waals surface area contributed by atoms with Gasteiger partial charge in [-0.15, -0.1) is 0 Å². The first kappa shape index (κ1) is 27.8. The second kappa shape index (κ2) is 10.5. The third-order valence-electron chi connectivity index (χ3n) is 5.76. The summed E-state index contributed by atoms with van der Waals surface area (Å²) in [7, 11) is -4.06. The molecule has 0 spiro atoms. The Kier molecular flexibility index (Phi) is 7.48. The maximum atomic E-state index is 12.9. The predicted molar refractivity (Wildman–Crippen MR) is 135 cm³/mol. The zero-order valence-corrected chi connectivity index (χ0v) is 21.3. The van der Waals surface area contributed by atoms with Crippen molar-refractivity contribution in [3.63, 3.8) is 0 Å². The van der Waals surface area contributed by atoms with Crippen LogP contribution in [0.5, 0.6) is 0 Å². The zero-order valence-electron chi connectivity index (χ0n) is 20.5. The summed E-state index contributed by atoms with van der Waals surface area (Å²) in [6.07, 6.45) is -4.56. The lowest BCUT2D eigenvalue weighted by molar-refractivity contribution is -0.140. The van der Waals surface area contributed by atoms with Gasteiger partial charge in [-0.3, -0.25) is 9.59 Å². The molecule has 13 heteroatoms. The summed E-state index contributed by atoms with van der Waals surface area (Å²) in [5.74, 6) is -2.89. The van der Waals surface area contributed by atoms with Crippen molar-refractivity contribution in [2.75, 3.05) is 5.32 Å². The van der Waals surface area contributed by atoms with Gasteiger partial charge in [0.15, 0.2) is 5.58 Å². The highest BCUT2D eigenvalue weighted by molar-refractivity contribution is 7.89. The van der Waals surface area contributed by atoms with E-state index in [-0.39, 0.29) is 16.0 Å². The summed E-state index contributed by atoms with van der Waals surface area (Å²) in [6.45, 7) is 3.19. The fraction of sp³-hybridized carbons (Fsp3) is 0.192. The highest BCUT2D eigenvalue weighted by atomic mass is 32.2. The van der Waals surface area contributed by atoms with Crippen molar-refractivity contribution in [1.29, 1.82) is 0 Å². The second-order valence-corrected chi connectivity index (χ2v) is 10.7. The number of alkyl halides is 3. The lowest BCUT2D eigenvalue weighted by atomic mass is 10.1. The quantitative estimate of drug-likeness (QED) is 0.270. The van der Waals surface area contributed by atoms with Crippen molar-refractivity contribution < 1.29 is 40.7 Å². The Labute approximate surface area is 220 Å². The highest BCUT2D eigenvalue weighted by Gasteiger charge is 2.31. The van der Waals surface area contributed by atoms with Crippen molar-refractivity contribution in [3.8, 4) is 11.1 Å². The van der Waals surface area contributed by atoms with Gasteiger partial charge in [-0.25, -0.2) is 13.4 Å². The Hall–Kier alpha value is -4.23. The molecule has 0 aliphatic heterocycles. The van der Waals surface area contributed by atoms with E-state index in [0.29, 0.717) is 16.8 Å². The number of carboxylic acids is 1. The van der Waals surface area contributed by atoms with Crippen molar-refractivity contribution in [2.45, 2.75) is 31.0 Å². The number of aliphatic carboxylic acids is 1. The molecule has 0 saturated carbocycles. The SMILES string of the molecule is CC(C)[C@H](NS(=O)(=O)c1ccc(-c2ccc(NC(=O)c3nc4cc(C(F)(F)F)ccc4o3)cc2)cc1)C(=O)O. The van der Waals surface area contributed by atoms with E-state index in [1.807, 2.05) is 0 Å². The highest BCUT2D eigenvalue weighted by Crippen LogP contribution is 2.31. The number of aromatic nitrogens is 1. The minimum atomic E-state index is -4.56. The molecule has 0 saturated heterocycles. The molecule has 0 unspecified atom stereocenters. The van der Waals surface area contributed by atoms with Crippen LogP contribution in [0.3, 0.4) is 0 Å². The van der Waals surface area contributed by atoms with Gasteiger partial charge in [-0.1, -0.05) is 38.1 Å². The Balaban J connectivity index is 1.45. The number of anilines is 1. The van der Waals surface area contributed by atoms with Gasteiger partial charge >= 0.3 is 18.1 Å². The van der Waals surface area contributed by atoms with E-state index >= 15 is 0 Å². The summed E-state index contributed by atoms with van der Waals surface area (Å²) in [4.78, 5) is 27.6. The Morgan fingerprint density at radius 2 is 1.54 bits per heavy atom. The van der Waals surface area contributed by atoms with Crippen molar-refractivity contribution >= 4 is 38.7 Å². The number of amides is 1. The number of sulfonamides is 1. The largest absolute Gasteiger partial charge is 0.480 e. The molecular formula is C26H22F3N3O6S. The number of hydrogen-bond acceptors (Lipinski definition) is 6. The van der Waals surface area contributed by atoms with Crippen LogP contribution in [0, 0.1) is 5.92 Å². The predicted octanol–water partition coefficient (Wildman–Crippen LogP) is 5.15. The summed E-state index contributed by atoms with van der Waals surface area (Å²) in [5.41, 5.74) is 0.731. The molecule has 3 aromatic carbocycles. The molecule has 9 nitrogen and oxygen atoms in total. The van der Waals surface area contributed by atoms with Gasteiger partial charge in [0.25, 0.3) is 5.89 Å². The number of nitrogens with zero attached hydrogens (tertiary/aromatic N) is 1. The van der Waals surface area contributed by atoms with Crippen LogP contribution in [0.4, 0.5) is 18.9 Å². The first-order valence-electron chi connectivity index (χ1n) is 11.5. The molecule has 0 radical (unpaired) electrons. The van der Waals surface area contributed by atoms with E-state index < -0.39 is 51.5 Å². The van der Waals surface area contributed by atoms with Gasteiger partial charge < -0.3 is 14.8 Å². The molecule has 0 bridgehead atoms. The van der Waals surface area contributed by atoms with Crippen LogP contribution >= 0.6 is 0 Å². The van der Waals surface area contributed by atoms with E-state index in [2.05, 4.69) is 15.0 Å². The lowest BCUT2D eigenvalue weighted by Gasteiger charge is -2.18. The second-order valence-electron chi connectivity index (χ2n) is 8.94. The number of rotatable bonds is 8. The van der Waals surface area contributed by atoms with E-state index in [4.69, 9.17) is 4.42 Å². The van der Waals surface area contributed by atoms with Gasteiger partial charge in [0.1, 0.15) is 11.6 Å². The van der Waals surface area contributed by atoms with Gasteiger partial charge in [-0.2, -0.15) is 17.9 Å². The number of carbonyl (C=O) groups is 2. The molecule has 39 heavy (non-hydrogen) atoms. The third-order valence-corrected chi connectivity index (χ3v) is 7.22. The molecule has 1 amide bonds. The number of hydrogen-bond donors (Lipinski definition) is 3. The summed E-state index contributed by atoms with van der Waals surface area (Å²) < 4.78 is 71.4. The lowest BCUT2D eigenvalue weighted by Crippen LogP contribution is -2.44. The molecule has 4 rings (SSSR count). The topological polar surface area (TPSA) is 139 Å². The number of halogens is 3. The van der Waals surface area contributed by atoms with Gasteiger partial charge in [0.05, 0.1) is 10.5 Å². The molecule has 0 aliphatic carbocycles. The van der Waals surface area contributed by atoms with Crippen LogP contribution in [0.15, 0.2) is 76.0 Å². The maximum absolute atomic E-state index is 12.9. The summed E-state index contributed by atoms with van der Waals surface area (Å²) in [6, 6.07) is 13.7. The van der Waals surface area contributed by atoms with Gasteiger partial charge in [0.2, 0.25) is 10.0 Å².